The van der Waals surface area contributed by atoms with Gasteiger partial charge in [0.2, 0.25) is 10.0 Å². The lowest BCUT2D eigenvalue weighted by Crippen LogP contribution is -2.40. The van der Waals surface area contributed by atoms with Gasteiger partial charge in [-0.2, -0.15) is 4.31 Å². The van der Waals surface area contributed by atoms with Crippen LogP contribution in [-0.4, -0.2) is 69.0 Å². The minimum atomic E-state index is -3.67. The first-order valence-electron chi connectivity index (χ1n) is 9.70. The third-order valence-corrected chi connectivity index (χ3v) is 7.16. The number of sulfonamides is 1. The van der Waals surface area contributed by atoms with Crippen LogP contribution in [0, 0.1) is 10.1 Å². The van der Waals surface area contributed by atoms with Crippen molar-refractivity contribution in [2.45, 2.75) is 55.6 Å². The van der Waals surface area contributed by atoms with Gasteiger partial charge in [-0.3, -0.25) is 10.1 Å². The summed E-state index contributed by atoms with van der Waals surface area (Å²) in [6, 6.07) is 4.97. The molecule has 0 radical (unpaired) electrons. The Hall–Kier alpha value is -1.55. The van der Waals surface area contributed by atoms with Crippen LogP contribution in [-0.2, 0) is 14.8 Å². The highest BCUT2D eigenvalue weighted by molar-refractivity contribution is 7.89. The number of nitrogens with zero attached hydrogens (tertiary/aromatic N) is 3. The summed E-state index contributed by atoms with van der Waals surface area (Å²) >= 11 is 0. The summed E-state index contributed by atoms with van der Waals surface area (Å²) in [6.45, 7) is 1.81. The van der Waals surface area contributed by atoms with Gasteiger partial charge in [-0.15, -0.1) is 0 Å². The number of nitro groups is 1. The molecule has 0 spiro atoms. The molecule has 1 fully saturated rings. The number of hydrogen-bond donors (Lipinski definition) is 0. The second-order valence-corrected chi connectivity index (χ2v) is 9.58. The Morgan fingerprint density at radius 3 is 2.21 bits per heavy atom. The number of unbranched alkanes of at least 4 members (excludes halogenated alkanes) is 1. The summed E-state index contributed by atoms with van der Waals surface area (Å²) in [5.41, 5.74) is -0.121. The number of hydrogen-bond acceptors (Lipinski definition) is 6. The number of benzene rings is 1. The van der Waals surface area contributed by atoms with Crippen LogP contribution < -0.4 is 0 Å². The maximum Gasteiger partial charge on any atom is 0.269 e. The first-order chi connectivity index (χ1) is 13.2. The van der Waals surface area contributed by atoms with E-state index < -0.39 is 14.9 Å². The van der Waals surface area contributed by atoms with Gasteiger partial charge in [0.05, 0.1) is 15.9 Å². The molecule has 2 rings (SSSR count). The van der Waals surface area contributed by atoms with Crippen LogP contribution >= 0.6 is 0 Å². The lowest BCUT2D eigenvalue weighted by atomic mass is 9.93. The van der Waals surface area contributed by atoms with Crippen LogP contribution in [0.15, 0.2) is 29.2 Å². The first-order valence-corrected chi connectivity index (χ1v) is 11.1. The minimum absolute atomic E-state index is 0.0752. The van der Waals surface area contributed by atoms with E-state index in [2.05, 4.69) is 19.0 Å². The smallest absolute Gasteiger partial charge is 0.269 e. The van der Waals surface area contributed by atoms with Crippen molar-refractivity contribution in [3.63, 3.8) is 0 Å². The van der Waals surface area contributed by atoms with Crippen LogP contribution in [0.2, 0.25) is 0 Å². The summed E-state index contributed by atoms with van der Waals surface area (Å²) in [5.74, 6) is 0. The molecule has 1 aromatic rings. The Morgan fingerprint density at radius 2 is 1.68 bits per heavy atom. The molecule has 1 aliphatic carbocycles. The maximum absolute atomic E-state index is 12.8. The highest BCUT2D eigenvalue weighted by atomic mass is 32.2. The van der Waals surface area contributed by atoms with Crippen molar-refractivity contribution in [3.05, 3.63) is 34.4 Å². The molecule has 0 atom stereocenters. The first kappa shape index (κ1) is 22.7. The summed E-state index contributed by atoms with van der Waals surface area (Å²) in [4.78, 5) is 12.4. The average Bonchev–Trinajstić information content (AvgIpc) is 2.67. The second-order valence-electron chi connectivity index (χ2n) is 7.58. The van der Waals surface area contributed by atoms with Crippen molar-refractivity contribution in [1.82, 2.24) is 9.21 Å². The Kier molecular flexibility index (Phi) is 8.36. The third kappa shape index (κ3) is 6.23. The Labute approximate surface area is 167 Å². The van der Waals surface area contributed by atoms with E-state index in [4.69, 9.17) is 4.74 Å². The molecule has 1 aromatic carbocycles. The molecular weight excluding hydrogens is 382 g/mol. The molecule has 28 heavy (non-hydrogen) atoms. The molecule has 0 amide bonds. The monoisotopic (exact) mass is 413 g/mol. The predicted octanol–water partition coefficient (Wildman–Crippen LogP) is 2.88. The SMILES string of the molecule is CN(C)CCCCO[C@H]1CC[C@H](N(C)S(=O)(=O)c2ccc([N+](=O)[O-])cc2)CC1. The molecule has 0 aliphatic heterocycles. The maximum atomic E-state index is 12.8. The van der Waals surface area contributed by atoms with Gasteiger partial charge in [0.1, 0.15) is 0 Å². The highest BCUT2D eigenvalue weighted by Gasteiger charge is 2.32. The third-order valence-electron chi connectivity index (χ3n) is 5.24. The molecule has 0 saturated heterocycles. The molecule has 0 N–H and O–H groups in total. The van der Waals surface area contributed by atoms with Crippen LogP contribution in [0.5, 0.6) is 0 Å². The number of nitro benzene ring substituents is 1. The van der Waals surface area contributed by atoms with E-state index in [9.17, 15) is 18.5 Å². The zero-order valence-electron chi connectivity index (χ0n) is 16.9. The highest BCUT2D eigenvalue weighted by Crippen LogP contribution is 2.28. The van der Waals surface area contributed by atoms with Crippen molar-refractivity contribution < 1.29 is 18.1 Å². The van der Waals surface area contributed by atoms with Crippen LogP contribution in [0.25, 0.3) is 0 Å². The molecule has 0 aromatic heterocycles. The van der Waals surface area contributed by atoms with Gasteiger partial charge in [0.25, 0.3) is 5.69 Å². The van der Waals surface area contributed by atoms with E-state index in [1.54, 1.807) is 7.05 Å². The molecule has 8 nitrogen and oxygen atoms in total. The van der Waals surface area contributed by atoms with Crippen LogP contribution in [0.4, 0.5) is 5.69 Å². The van der Waals surface area contributed by atoms with E-state index in [0.29, 0.717) is 0 Å². The molecule has 158 valence electrons. The van der Waals surface area contributed by atoms with E-state index >= 15 is 0 Å². The largest absolute Gasteiger partial charge is 0.378 e. The number of ether oxygens (including phenoxy) is 1. The Balaban J connectivity index is 1.83. The van der Waals surface area contributed by atoms with Gasteiger partial charge in [-0.25, -0.2) is 8.42 Å². The van der Waals surface area contributed by atoms with E-state index in [1.807, 2.05) is 0 Å². The van der Waals surface area contributed by atoms with Crippen LogP contribution in [0.1, 0.15) is 38.5 Å². The Morgan fingerprint density at radius 1 is 1.07 bits per heavy atom. The Bertz CT molecular complexity index is 728. The molecule has 0 bridgehead atoms. The molecule has 1 aliphatic rings. The van der Waals surface area contributed by atoms with E-state index in [1.165, 1.54) is 28.6 Å². The van der Waals surface area contributed by atoms with Crippen molar-refractivity contribution in [2.75, 3.05) is 34.3 Å². The van der Waals surface area contributed by atoms with Crippen molar-refractivity contribution in [3.8, 4) is 0 Å². The fourth-order valence-corrected chi connectivity index (χ4v) is 4.87. The minimum Gasteiger partial charge on any atom is -0.378 e. The summed E-state index contributed by atoms with van der Waals surface area (Å²) in [7, 11) is 2.04. The van der Waals surface area contributed by atoms with Gasteiger partial charge in [-0.05, 0) is 71.3 Å². The summed E-state index contributed by atoms with van der Waals surface area (Å²) in [5, 5.41) is 10.7. The average molecular weight is 414 g/mol. The van der Waals surface area contributed by atoms with Gasteiger partial charge < -0.3 is 9.64 Å². The number of rotatable bonds is 10. The lowest BCUT2D eigenvalue weighted by molar-refractivity contribution is -0.384. The number of non-ortho nitro benzene ring substituents is 1. The van der Waals surface area contributed by atoms with Crippen molar-refractivity contribution >= 4 is 15.7 Å². The normalized spacial score (nSPS) is 20.6. The van der Waals surface area contributed by atoms with Gasteiger partial charge in [0, 0.05) is 31.8 Å². The summed E-state index contributed by atoms with van der Waals surface area (Å²) in [6.07, 6.45) is 5.55. The van der Waals surface area contributed by atoms with Gasteiger partial charge in [0.15, 0.2) is 0 Å². The van der Waals surface area contributed by atoms with Gasteiger partial charge >= 0.3 is 0 Å². The molecular formula is C19H31N3O5S. The van der Waals surface area contributed by atoms with E-state index in [-0.39, 0.29) is 22.7 Å². The van der Waals surface area contributed by atoms with Crippen molar-refractivity contribution in [2.24, 2.45) is 0 Å². The van der Waals surface area contributed by atoms with Crippen LogP contribution in [0.3, 0.4) is 0 Å². The standard InChI is InChI=1S/C19H31N3O5S/c1-20(2)14-4-5-15-27-18-10-6-16(7-11-18)21(3)28(25,26)19-12-8-17(9-13-19)22(23)24/h8-9,12-13,16,18H,4-7,10-11,14-15H2,1-3H3/t16-,18-. The fraction of sp³-hybridized carbons (Fsp3) is 0.684. The van der Waals surface area contributed by atoms with Crippen molar-refractivity contribution in [1.29, 1.82) is 0 Å². The lowest BCUT2D eigenvalue weighted by Gasteiger charge is -2.34. The molecule has 9 heteroatoms. The topological polar surface area (TPSA) is 93.0 Å². The predicted molar refractivity (Wildman–Crippen MR) is 108 cm³/mol. The quantitative estimate of drug-likeness (QED) is 0.333. The summed E-state index contributed by atoms with van der Waals surface area (Å²) < 4.78 is 33.0. The van der Waals surface area contributed by atoms with Gasteiger partial charge in [-0.1, -0.05) is 0 Å². The second kappa shape index (κ2) is 10.3. The zero-order valence-corrected chi connectivity index (χ0v) is 17.7. The molecule has 0 unspecified atom stereocenters. The molecule has 1 saturated carbocycles. The van der Waals surface area contributed by atoms with E-state index in [0.717, 1.165) is 51.7 Å². The molecule has 0 heterocycles. The fourth-order valence-electron chi connectivity index (χ4n) is 3.46. The zero-order chi connectivity index (χ0) is 20.7.